The lowest BCUT2D eigenvalue weighted by Crippen LogP contribution is -2.03. The van der Waals surface area contributed by atoms with Gasteiger partial charge < -0.3 is 0 Å². The molecule has 0 spiro atoms. The maximum absolute atomic E-state index is 6.12. The van der Waals surface area contributed by atoms with Crippen LogP contribution in [0.4, 0.5) is 0 Å². The van der Waals surface area contributed by atoms with Gasteiger partial charge in [-0.1, -0.05) is 13.8 Å². The molecular weight excluding hydrogens is 275 g/mol. The maximum atomic E-state index is 6.12. The molecule has 1 atom stereocenters. The molecule has 0 aliphatic heterocycles. The van der Waals surface area contributed by atoms with Crippen molar-refractivity contribution in [3.05, 3.63) is 15.9 Å². The van der Waals surface area contributed by atoms with E-state index in [2.05, 4.69) is 34.9 Å². The summed E-state index contributed by atoms with van der Waals surface area (Å²) in [5.41, 5.74) is 2.39. The molecule has 1 aromatic rings. The monoisotopic (exact) mass is 292 g/mol. The van der Waals surface area contributed by atoms with Crippen molar-refractivity contribution in [1.82, 2.24) is 9.78 Å². The molecule has 1 unspecified atom stereocenters. The maximum Gasteiger partial charge on any atom is 0.0766 e. The van der Waals surface area contributed by atoms with E-state index in [1.165, 1.54) is 5.69 Å². The van der Waals surface area contributed by atoms with Gasteiger partial charge in [-0.05, 0) is 41.6 Å². The fraction of sp³-hybridized carbons (Fsp3) is 0.727. The van der Waals surface area contributed by atoms with Crippen LogP contribution in [0.2, 0.25) is 0 Å². The van der Waals surface area contributed by atoms with E-state index in [0.717, 1.165) is 35.8 Å². The molecular formula is C11H18BrClN2. The highest BCUT2D eigenvalue weighted by molar-refractivity contribution is 9.10. The van der Waals surface area contributed by atoms with E-state index < -0.39 is 0 Å². The number of rotatable bonds is 5. The minimum atomic E-state index is 0.275. The number of aryl methyl sites for hydroxylation is 2. The first-order valence-electron chi connectivity index (χ1n) is 5.44. The summed E-state index contributed by atoms with van der Waals surface area (Å²) < 4.78 is 3.12. The smallest absolute Gasteiger partial charge is 0.0766 e. The summed E-state index contributed by atoms with van der Waals surface area (Å²) in [5, 5.41) is 4.73. The lowest BCUT2D eigenvalue weighted by molar-refractivity contribution is 0.652. The van der Waals surface area contributed by atoms with Gasteiger partial charge in [0.2, 0.25) is 0 Å². The van der Waals surface area contributed by atoms with Gasteiger partial charge in [-0.2, -0.15) is 5.10 Å². The number of aromatic nitrogens is 2. The Morgan fingerprint density at radius 3 is 2.60 bits per heavy atom. The van der Waals surface area contributed by atoms with Crippen molar-refractivity contribution < 1.29 is 0 Å². The van der Waals surface area contributed by atoms with Gasteiger partial charge in [-0.25, -0.2) is 0 Å². The Morgan fingerprint density at radius 1 is 1.47 bits per heavy atom. The molecule has 0 amide bonds. The zero-order valence-corrected chi connectivity index (χ0v) is 11.9. The van der Waals surface area contributed by atoms with Crippen LogP contribution < -0.4 is 0 Å². The first-order valence-corrected chi connectivity index (χ1v) is 6.67. The van der Waals surface area contributed by atoms with Crippen LogP contribution in [0.25, 0.3) is 0 Å². The van der Waals surface area contributed by atoms with Crippen molar-refractivity contribution in [3.63, 3.8) is 0 Å². The summed E-state index contributed by atoms with van der Waals surface area (Å²) >= 11 is 9.72. The molecule has 4 heteroatoms. The summed E-state index contributed by atoms with van der Waals surface area (Å²) in [6.07, 6.45) is 4.00. The van der Waals surface area contributed by atoms with Crippen LogP contribution in [-0.4, -0.2) is 15.2 Å². The van der Waals surface area contributed by atoms with Crippen LogP contribution in [-0.2, 0) is 19.9 Å². The van der Waals surface area contributed by atoms with Gasteiger partial charge in [0, 0.05) is 12.4 Å². The van der Waals surface area contributed by atoms with Gasteiger partial charge in [0.25, 0.3) is 0 Å². The zero-order chi connectivity index (χ0) is 11.4. The van der Waals surface area contributed by atoms with Crippen LogP contribution in [0.3, 0.4) is 0 Å². The van der Waals surface area contributed by atoms with Crippen molar-refractivity contribution in [2.24, 2.45) is 7.05 Å². The molecule has 0 radical (unpaired) electrons. The van der Waals surface area contributed by atoms with E-state index in [1.54, 1.807) is 0 Å². The van der Waals surface area contributed by atoms with Crippen LogP contribution in [0.1, 0.15) is 38.1 Å². The first-order chi connectivity index (χ1) is 7.10. The molecule has 0 saturated heterocycles. The number of alkyl halides is 1. The lowest BCUT2D eigenvalue weighted by Gasteiger charge is -2.06. The molecule has 15 heavy (non-hydrogen) atoms. The average molecular weight is 294 g/mol. The highest BCUT2D eigenvalue weighted by Gasteiger charge is 2.13. The molecule has 1 heterocycles. The van der Waals surface area contributed by atoms with Crippen molar-refractivity contribution in [2.75, 3.05) is 0 Å². The highest BCUT2D eigenvalue weighted by Crippen LogP contribution is 2.24. The summed E-state index contributed by atoms with van der Waals surface area (Å²) in [5.74, 6) is 0. The van der Waals surface area contributed by atoms with Crippen LogP contribution in [0, 0.1) is 0 Å². The predicted octanol–water partition coefficient (Wildman–Crippen LogP) is 3.70. The second-order valence-corrected chi connectivity index (χ2v) is 5.14. The molecule has 1 rings (SSSR count). The third-order valence-electron chi connectivity index (χ3n) is 2.64. The molecule has 0 bridgehead atoms. The van der Waals surface area contributed by atoms with Gasteiger partial charge in [0.05, 0.1) is 15.9 Å². The van der Waals surface area contributed by atoms with Crippen LogP contribution >= 0.6 is 27.5 Å². The van der Waals surface area contributed by atoms with Crippen LogP contribution in [0.5, 0.6) is 0 Å². The zero-order valence-electron chi connectivity index (χ0n) is 9.56. The second-order valence-electron chi connectivity index (χ2n) is 3.73. The SMILES string of the molecule is CCc1nn(C)c(CCC(Cl)CC)c1Br. The molecule has 86 valence electrons. The number of nitrogens with zero attached hydrogens (tertiary/aromatic N) is 2. The normalized spacial score (nSPS) is 13.1. The van der Waals surface area contributed by atoms with Crippen molar-refractivity contribution in [2.45, 2.75) is 44.9 Å². The van der Waals surface area contributed by atoms with E-state index in [-0.39, 0.29) is 5.38 Å². The molecule has 2 nitrogen and oxygen atoms in total. The number of halogens is 2. The second kappa shape index (κ2) is 5.90. The molecule has 0 saturated carbocycles. The third-order valence-corrected chi connectivity index (χ3v) is 4.08. The summed E-state index contributed by atoms with van der Waals surface area (Å²) in [7, 11) is 1.99. The Hall–Kier alpha value is -0.0200. The minimum Gasteiger partial charge on any atom is -0.271 e. The summed E-state index contributed by atoms with van der Waals surface area (Å²) in [6.45, 7) is 4.24. The van der Waals surface area contributed by atoms with Crippen molar-refractivity contribution in [1.29, 1.82) is 0 Å². The Bertz CT molecular complexity index is 323. The van der Waals surface area contributed by atoms with Crippen molar-refractivity contribution in [3.8, 4) is 0 Å². The van der Waals surface area contributed by atoms with E-state index in [1.807, 2.05) is 11.7 Å². The topological polar surface area (TPSA) is 17.8 Å². The predicted molar refractivity (Wildman–Crippen MR) is 68.5 cm³/mol. The average Bonchev–Trinajstić information content (AvgIpc) is 2.51. The summed E-state index contributed by atoms with van der Waals surface area (Å²) in [6, 6.07) is 0. The van der Waals surface area contributed by atoms with Gasteiger partial charge in [-0.15, -0.1) is 11.6 Å². The van der Waals surface area contributed by atoms with E-state index in [4.69, 9.17) is 11.6 Å². The van der Waals surface area contributed by atoms with Crippen LogP contribution in [0.15, 0.2) is 4.47 Å². The molecule has 1 aromatic heterocycles. The molecule has 0 aliphatic rings. The van der Waals surface area contributed by atoms with E-state index in [9.17, 15) is 0 Å². The molecule has 0 aromatic carbocycles. The molecule has 0 aliphatic carbocycles. The Morgan fingerprint density at radius 2 is 2.13 bits per heavy atom. The van der Waals surface area contributed by atoms with E-state index in [0.29, 0.717) is 0 Å². The standard InChI is InChI=1S/C11H18BrClN2/c1-4-8(13)6-7-10-11(12)9(5-2)14-15(10)3/h8H,4-7H2,1-3H3. The van der Waals surface area contributed by atoms with Gasteiger partial charge in [-0.3, -0.25) is 4.68 Å². The number of hydrogen-bond donors (Lipinski definition) is 0. The Kier molecular flexibility index (Phi) is 5.13. The molecule has 0 fully saturated rings. The van der Waals surface area contributed by atoms with Gasteiger partial charge in [0.1, 0.15) is 0 Å². The third kappa shape index (κ3) is 3.22. The van der Waals surface area contributed by atoms with E-state index >= 15 is 0 Å². The summed E-state index contributed by atoms with van der Waals surface area (Å²) in [4.78, 5) is 0. The lowest BCUT2D eigenvalue weighted by atomic mass is 10.1. The van der Waals surface area contributed by atoms with Crippen molar-refractivity contribution >= 4 is 27.5 Å². The Labute approximate surface area is 105 Å². The number of hydrogen-bond acceptors (Lipinski definition) is 1. The first kappa shape index (κ1) is 13.0. The fourth-order valence-electron chi connectivity index (χ4n) is 1.59. The Balaban J connectivity index is 2.72. The quantitative estimate of drug-likeness (QED) is 0.757. The highest BCUT2D eigenvalue weighted by atomic mass is 79.9. The molecule has 0 N–H and O–H groups in total. The van der Waals surface area contributed by atoms with Gasteiger partial charge >= 0.3 is 0 Å². The fourth-order valence-corrected chi connectivity index (χ4v) is 2.51. The van der Waals surface area contributed by atoms with Gasteiger partial charge in [0.15, 0.2) is 0 Å². The minimum absolute atomic E-state index is 0.275. The largest absolute Gasteiger partial charge is 0.271 e.